The molecule has 3 heterocycles. The summed E-state index contributed by atoms with van der Waals surface area (Å²) in [6.45, 7) is 13.0. The molecule has 1 amide bonds. The zero-order valence-corrected chi connectivity index (χ0v) is 22.8. The third kappa shape index (κ3) is 5.59. The molecule has 0 aromatic heterocycles. The van der Waals surface area contributed by atoms with Gasteiger partial charge in [-0.2, -0.15) is 0 Å². The van der Waals surface area contributed by atoms with Gasteiger partial charge in [0.1, 0.15) is 17.6 Å². The molecule has 6 nitrogen and oxygen atoms in total. The molecule has 2 aromatic carbocycles. The second-order valence-electron chi connectivity index (χ2n) is 11.5. The molecule has 2 aromatic rings. The number of fused-ring (bicyclic) bond motifs is 4. The van der Waals surface area contributed by atoms with E-state index < -0.39 is 0 Å². The maximum Gasteiger partial charge on any atom is 0.407 e. The summed E-state index contributed by atoms with van der Waals surface area (Å²) in [6.07, 6.45) is 5.01. The van der Waals surface area contributed by atoms with Gasteiger partial charge in [0.15, 0.2) is 0 Å². The SMILES string of the molecule is CCCCOc1ccc(-c2cc3c(cc2OCC)[C@H](NC(=O)O[C@H]2CN4CCC2CC4)C(C)(C)C3)cc1. The van der Waals surface area contributed by atoms with Crippen molar-refractivity contribution in [1.82, 2.24) is 10.2 Å². The van der Waals surface area contributed by atoms with Crippen molar-refractivity contribution in [2.24, 2.45) is 11.3 Å². The van der Waals surface area contributed by atoms with Crippen molar-refractivity contribution in [3.05, 3.63) is 47.5 Å². The molecule has 6 heteroatoms. The van der Waals surface area contributed by atoms with Crippen LogP contribution in [0.15, 0.2) is 36.4 Å². The first-order valence-corrected chi connectivity index (χ1v) is 14.1. The van der Waals surface area contributed by atoms with E-state index in [0.29, 0.717) is 12.5 Å². The third-order valence-corrected chi connectivity index (χ3v) is 8.33. The fourth-order valence-electron chi connectivity index (χ4n) is 6.25. The highest BCUT2D eigenvalue weighted by Gasteiger charge is 2.42. The number of ether oxygens (including phenoxy) is 3. The smallest absolute Gasteiger partial charge is 0.407 e. The zero-order chi connectivity index (χ0) is 26.0. The molecule has 1 aliphatic carbocycles. The molecule has 37 heavy (non-hydrogen) atoms. The van der Waals surface area contributed by atoms with Gasteiger partial charge in [0, 0.05) is 12.1 Å². The van der Waals surface area contributed by atoms with Gasteiger partial charge in [0.05, 0.1) is 19.3 Å². The van der Waals surface area contributed by atoms with E-state index in [9.17, 15) is 4.79 Å². The van der Waals surface area contributed by atoms with Gasteiger partial charge in [-0.1, -0.05) is 39.3 Å². The Hall–Kier alpha value is -2.73. The molecule has 0 spiro atoms. The first kappa shape index (κ1) is 25.9. The Balaban J connectivity index is 1.35. The number of nitrogens with zero attached hydrogens (tertiary/aromatic N) is 1. The highest BCUT2D eigenvalue weighted by molar-refractivity contribution is 5.74. The van der Waals surface area contributed by atoms with Gasteiger partial charge in [-0.3, -0.25) is 4.90 Å². The minimum Gasteiger partial charge on any atom is -0.494 e. The summed E-state index contributed by atoms with van der Waals surface area (Å²) in [7, 11) is 0. The van der Waals surface area contributed by atoms with Crippen LogP contribution in [0.5, 0.6) is 11.5 Å². The lowest BCUT2D eigenvalue weighted by Gasteiger charge is -2.44. The molecule has 6 rings (SSSR count). The van der Waals surface area contributed by atoms with Crippen LogP contribution in [0.1, 0.15) is 70.5 Å². The highest BCUT2D eigenvalue weighted by Crippen LogP contribution is 2.49. The number of hydrogen-bond donors (Lipinski definition) is 1. The molecule has 3 fully saturated rings. The first-order valence-electron chi connectivity index (χ1n) is 14.1. The molecule has 3 aliphatic heterocycles. The number of nitrogens with one attached hydrogen (secondary N) is 1. The summed E-state index contributed by atoms with van der Waals surface area (Å²) in [4.78, 5) is 15.5. The van der Waals surface area contributed by atoms with Crippen molar-refractivity contribution in [3.63, 3.8) is 0 Å². The molecule has 0 saturated carbocycles. The summed E-state index contributed by atoms with van der Waals surface area (Å²) in [5, 5.41) is 3.24. The lowest BCUT2D eigenvalue weighted by Crippen LogP contribution is -2.53. The molecule has 4 aliphatic rings. The lowest BCUT2D eigenvalue weighted by molar-refractivity contribution is -0.0349. The van der Waals surface area contributed by atoms with E-state index in [-0.39, 0.29) is 23.7 Å². The van der Waals surface area contributed by atoms with E-state index >= 15 is 0 Å². The van der Waals surface area contributed by atoms with E-state index in [2.05, 4.69) is 55.3 Å². The number of piperidine rings is 3. The summed E-state index contributed by atoms with van der Waals surface area (Å²) in [6, 6.07) is 12.5. The average molecular weight is 507 g/mol. The summed E-state index contributed by atoms with van der Waals surface area (Å²) < 4.78 is 18.0. The molecule has 1 N–H and O–H groups in total. The number of benzene rings is 2. The van der Waals surface area contributed by atoms with Gasteiger partial charge in [-0.25, -0.2) is 4.79 Å². The number of hydrogen-bond acceptors (Lipinski definition) is 5. The van der Waals surface area contributed by atoms with Crippen LogP contribution in [0.2, 0.25) is 0 Å². The summed E-state index contributed by atoms with van der Waals surface area (Å²) in [5.74, 6) is 2.23. The maximum atomic E-state index is 13.1. The number of unbranched alkanes of at least 4 members (excludes halogenated alkanes) is 1. The molecular formula is C31H42N2O4. The van der Waals surface area contributed by atoms with Gasteiger partial charge in [-0.15, -0.1) is 0 Å². The van der Waals surface area contributed by atoms with Crippen LogP contribution >= 0.6 is 0 Å². The predicted octanol–water partition coefficient (Wildman–Crippen LogP) is 6.38. The Morgan fingerprint density at radius 2 is 1.84 bits per heavy atom. The van der Waals surface area contributed by atoms with Gasteiger partial charge >= 0.3 is 6.09 Å². The van der Waals surface area contributed by atoms with Crippen molar-refractivity contribution in [1.29, 1.82) is 0 Å². The molecule has 0 unspecified atom stereocenters. The molecule has 200 valence electrons. The largest absolute Gasteiger partial charge is 0.494 e. The topological polar surface area (TPSA) is 60.0 Å². The highest BCUT2D eigenvalue weighted by atomic mass is 16.6. The van der Waals surface area contributed by atoms with E-state index in [0.717, 1.165) is 86.5 Å². The van der Waals surface area contributed by atoms with Crippen LogP contribution in [0.25, 0.3) is 11.1 Å². The molecule has 3 saturated heterocycles. The number of alkyl carbamates (subject to hydrolysis) is 1. The van der Waals surface area contributed by atoms with E-state index in [1.807, 2.05) is 19.1 Å². The Labute approximate surface area is 221 Å². The predicted molar refractivity (Wildman–Crippen MR) is 146 cm³/mol. The van der Waals surface area contributed by atoms with Crippen molar-refractivity contribution in [2.45, 2.75) is 71.9 Å². The van der Waals surface area contributed by atoms with Crippen molar-refractivity contribution in [2.75, 3.05) is 32.8 Å². The zero-order valence-electron chi connectivity index (χ0n) is 22.8. The Morgan fingerprint density at radius 1 is 1.08 bits per heavy atom. The van der Waals surface area contributed by atoms with Crippen LogP contribution in [0.4, 0.5) is 4.79 Å². The Kier molecular flexibility index (Phi) is 7.66. The van der Waals surface area contributed by atoms with Crippen molar-refractivity contribution >= 4 is 6.09 Å². The fraction of sp³-hybridized carbons (Fsp3) is 0.581. The number of carbonyl (C=O) groups excluding carboxylic acids is 1. The molecule has 2 bridgehead atoms. The minimum atomic E-state index is -0.301. The quantitative estimate of drug-likeness (QED) is 0.400. The van der Waals surface area contributed by atoms with E-state index in [1.165, 1.54) is 5.56 Å². The molecule has 0 radical (unpaired) electrons. The van der Waals surface area contributed by atoms with Crippen molar-refractivity contribution in [3.8, 4) is 22.6 Å². The van der Waals surface area contributed by atoms with E-state index in [4.69, 9.17) is 14.2 Å². The minimum absolute atomic E-state index is 0.00164. The Bertz CT molecular complexity index is 1090. The summed E-state index contributed by atoms with van der Waals surface area (Å²) in [5.41, 5.74) is 4.43. The van der Waals surface area contributed by atoms with Gasteiger partial charge in [-0.05, 0) is 98.0 Å². The number of rotatable bonds is 9. The number of carbonyl (C=O) groups is 1. The van der Waals surface area contributed by atoms with Gasteiger partial charge in [0.2, 0.25) is 0 Å². The van der Waals surface area contributed by atoms with Crippen LogP contribution in [0, 0.1) is 11.3 Å². The summed E-state index contributed by atoms with van der Waals surface area (Å²) >= 11 is 0. The second-order valence-corrected chi connectivity index (χ2v) is 11.5. The Morgan fingerprint density at radius 3 is 2.49 bits per heavy atom. The fourth-order valence-corrected chi connectivity index (χ4v) is 6.25. The van der Waals surface area contributed by atoms with Crippen LogP contribution in [-0.2, 0) is 11.2 Å². The number of amides is 1. The third-order valence-electron chi connectivity index (χ3n) is 8.33. The van der Waals surface area contributed by atoms with Crippen LogP contribution in [-0.4, -0.2) is 49.9 Å². The monoisotopic (exact) mass is 506 g/mol. The lowest BCUT2D eigenvalue weighted by atomic mass is 9.85. The average Bonchev–Trinajstić information content (AvgIpc) is 3.13. The van der Waals surface area contributed by atoms with E-state index in [1.54, 1.807) is 0 Å². The van der Waals surface area contributed by atoms with Crippen molar-refractivity contribution < 1.29 is 19.0 Å². The normalized spacial score (nSPS) is 25.4. The molecule has 2 atom stereocenters. The van der Waals surface area contributed by atoms with Crippen LogP contribution in [0.3, 0.4) is 0 Å². The van der Waals surface area contributed by atoms with Gasteiger partial charge < -0.3 is 19.5 Å². The molecular weight excluding hydrogens is 464 g/mol. The van der Waals surface area contributed by atoms with Crippen LogP contribution < -0.4 is 14.8 Å². The first-order chi connectivity index (χ1) is 17.9. The maximum absolute atomic E-state index is 13.1. The second kappa shape index (κ2) is 10.9. The standard InChI is InChI=1S/C31H42N2O4/c1-5-7-16-36-24-10-8-21(9-11-24)25-17-23-19-31(3,4)29(26(23)18-27(25)35-6-2)32-30(34)37-28-20-33-14-12-22(28)13-15-33/h8-11,17-18,22,28-29H,5-7,12-16,19-20H2,1-4H3,(H,32,34)/t28-,29-/m0/s1. The van der Waals surface area contributed by atoms with Gasteiger partial charge in [0.25, 0.3) is 0 Å².